The lowest BCUT2D eigenvalue weighted by Crippen LogP contribution is -2.40. The standard InChI is InChI=1S/C26H24O2/c1-2-18-26(28)24(21-16-10-5-11-17-21)22(19-12-6-3-7-13-19)23(25(26)27)20-14-8-4-9-15-20/h3-17,24,28H,2,18H2,1H3. The van der Waals surface area contributed by atoms with E-state index in [-0.39, 0.29) is 5.78 Å². The Balaban J connectivity index is 2.03. The Kier molecular flexibility index (Phi) is 4.97. The molecule has 2 atom stereocenters. The zero-order chi connectivity index (χ0) is 19.6. The van der Waals surface area contributed by atoms with Crippen LogP contribution in [0, 0.1) is 0 Å². The largest absolute Gasteiger partial charge is 0.381 e. The van der Waals surface area contributed by atoms with Crippen LogP contribution in [0.5, 0.6) is 0 Å². The predicted molar refractivity (Wildman–Crippen MR) is 114 cm³/mol. The second-order valence-electron chi connectivity index (χ2n) is 7.37. The molecule has 3 aromatic carbocycles. The van der Waals surface area contributed by atoms with Gasteiger partial charge in [-0.25, -0.2) is 0 Å². The zero-order valence-corrected chi connectivity index (χ0v) is 16.0. The van der Waals surface area contributed by atoms with E-state index >= 15 is 0 Å². The number of ketones is 1. The summed E-state index contributed by atoms with van der Waals surface area (Å²) in [4.78, 5) is 13.7. The monoisotopic (exact) mass is 368 g/mol. The summed E-state index contributed by atoms with van der Waals surface area (Å²) >= 11 is 0. The van der Waals surface area contributed by atoms with Gasteiger partial charge in [0.15, 0.2) is 5.78 Å². The Bertz CT molecular complexity index is 990. The molecule has 2 unspecified atom stereocenters. The summed E-state index contributed by atoms with van der Waals surface area (Å²) < 4.78 is 0. The molecule has 0 bridgehead atoms. The molecule has 4 rings (SSSR count). The third-order valence-corrected chi connectivity index (χ3v) is 5.57. The van der Waals surface area contributed by atoms with Crippen molar-refractivity contribution in [3.63, 3.8) is 0 Å². The van der Waals surface area contributed by atoms with Crippen LogP contribution in [0.25, 0.3) is 11.1 Å². The summed E-state index contributed by atoms with van der Waals surface area (Å²) in [5.74, 6) is -0.563. The van der Waals surface area contributed by atoms with E-state index in [1.54, 1.807) is 0 Å². The highest BCUT2D eigenvalue weighted by molar-refractivity contribution is 6.36. The molecular weight excluding hydrogens is 344 g/mol. The first-order valence-corrected chi connectivity index (χ1v) is 9.84. The molecular formula is C26H24O2. The van der Waals surface area contributed by atoms with Gasteiger partial charge >= 0.3 is 0 Å². The van der Waals surface area contributed by atoms with Crippen LogP contribution in [0.3, 0.4) is 0 Å². The Morgan fingerprint density at radius 2 is 1.29 bits per heavy atom. The van der Waals surface area contributed by atoms with Gasteiger partial charge in [-0.15, -0.1) is 0 Å². The van der Waals surface area contributed by atoms with Crippen LogP contribution in [0.4, 0.5) is 0 Å². The first kappa shape index (κ1) is 18.4. The summed E-state index contributed by atoms with van der Waals surface area (Å²) in [6.45, 7) is 2.01. The maximum Gasteiger partial charge on any atom is 0.196 e. The van der Waals surface area contributed by atoms with E-state index < -0.39 is 11.5 Å². The van der Waals surface area contributed by atoms with Gasteiger partial charge in [0.2, 0.25) is 0 Å². The van der Waals surface area contributed by atoms with E-state index in [4.69, 9.17) is 0 Å². The van der Waals surface area contributed by atoms with Crippen LogP contribution in [0.2, 0.25) is 0 Å². The fourth-order valence-corrected chi connectivity index (χ4v) is 4.40. The molecule has 0 aromatic heterocycles. The minimum atomic E-state index is -1.44. The average Bonchev–Trinajstić information content (AvgIpc) is 2.97. The third kappa shape index (κ3) is 3.00. The number of hydrogen-bond donors (Lipinski definition) is 1. The van der Waals surface area contributed by atoms with E-state index in [0.29, 0.717) is 12.0 Å². The fourth-order valence-electron chi connectivity index (χ4n) is 4.40. The minimum Gasteiger partial charge on any atom is -0.381 e. The van der Waals surface area contributed by atoms with Gasteiger partial charge in [0.05, 0.1) is 0 Å². The second kappa shape index (κ2) is 7.57. The van der Waals surface area contributed by atoms with Gasteiger partial charge < -0.3 is 5.11 Å². The van der Waals surface area contributed by atoms with Crippen LogP contribution in [0.15, 0.2) is 91.0 Å². The molecule has 28 heavy (non-hydrogen) atoms. The van der Waals surface area contributed by atoms with E-state index in [1.165, 1.54) is 0 Å². The fraction of sp³-hybridized carbons (Fsp3) is 0.192. The number of benzene rings is 3. The van der Waals surface area contributed by atoms with Crippen LogP contribution >= 0.6 is 0 Å². The normalized spacial score (nSPS) is 21.9. The minimum absolute atomic E-state index is 0.173. The van der Waals surface area contributed by atoms with Crippen molar-refractivity contribution in [1.29, 1.82) is 0 Å². The maximum atomic E-state index is 13.7. The molecule has 2 nitrogen and oxygen atoms in total. The van der Waals surface area contributed by atoms with E-state index in [1.807, 2.05) is 97.9 Å². The first-order chi connectivity index (χ1) is 13.7. The molecule has 1 N–H and O–H groups in total. The van der Waals surface area contributed by atoms with Crippen molar-refractivity contribution in [2.24, 2.45) is 0 Å². The molecule has 3 aromatic rings. The van der Waals surface area contributed by atoms with Crippen LogP contribution < -0.4 is 0 Å². The van der Waals surface area contributed by atoms with Crippen molar-refractivity contribution in [3.05, 3.63) is 108 Å². The van der Waals surface area contributed by atoms with Crippen molar-refractivity contribution >= 4 is 16.9 Å². The number of Topliss-reactive ketones (excluding diaryl/α,β-unsaturated/α-hetero) is 1. The summed E-state index contributed by atoms with van der Waals surface area (Å²) in [6, 6.07) is 29.6. The molecule has 1 aliphatic carbocycles. The molecule has 0 saturated carbocycles. The zero-order valence-electron chi connectivity index (χ0n) is 16.0. The Labute approximate surface area is 166 Å². The van der Waals surface area contributed by atoms with Gasteiger partial charge in [-0.1, -0.05) is 104 Å². The van der Waals surface area contributed by atoms with Gasteiger partial charge in [-0.2, -0.15) is 0 Å². The van der Waals surface area contributed by atoms with E-state index in [9.17, 15) is 9.90 Å². The molecule has 0 fully saturated rings. The molecule has 0 heterocycles. The highest BCUT2D eigenvalue weighted by Crippen LogP contribution is 2.53. The predicted octanol–water partition coefficient (Wildman–Crippen LogP) is 5.50. The van der Waals surface area contributed by atoms with Crippen molar-refractivity contribution in [2.75, 3.05) is 0 Å². The highest BCUT2D eigenvalue weighted by Gasteiger charge is 2.53. The van der Waals surface area contributed by atoms with Gasteiger partial charge in [0.25, 0.3) is 0 Å². The van der Waals surface area contributed by atoms with Gasteiger partial charge in [0.1, 0.15) is 5.60 Å². The summed E-state index contributed by atoms with van der Waals surface area (Å²) in [7, 11) is 0. The summed E-state index contributed by atoms with van der Waals surface area (Å²) in [5.41, 5.74) is 2.92. The number of hydrogen-bond acceptors (Lipinski definition) is 2. The van der Waals surface area contributed by atoms with Crippen molar-refractivity contribution < 1.29 is 9.90 Å². The lowest BCUT2D eigenvalue weighted by Gasteiger charge is -2.31. The third-order valence-electron chi connectivity index (χ3n) is 5.57. The van der Waals surface area contributed by atoms with Crippen LogP contribution in [-0.2, 0) is 4.79 Å². The molecule has 0 saturated heterocycles. The maximum absolute atomic E-state index is 13.7. The van der Waals surface area contributed by atoms with Crippen LogP contribution in [0.1, 0.15) is 42.4 Å². The second-order valence-corrected chi connectivity index (χ2v) is 7.37. The average molecular weight is 368 g/mol. The smallest absolute Gasteiger partial charge is 0.196 e. The number of rotatable bonds is 5. The van der Waals surface area contributed by atoms with E-state index in [2.05, 4.69) is 0 Å². The van der Waals surface area contributed by atoms with E-state index in [0.717, 1.165) is 28.7 Å². The molecule has 1 aliphatic rings. The molecule has 0 amide bonds. The number of carbonyl (C=O) groups is 1. The SMILES string of the molecule is CCCC1(O)C(=O)C(c2ccccc2)=C(c2ccccc2)C1c1ccccc1. The summed E-state index contributed by atoms with van der Waals surface area (Å²) in [5, 5.41) is 11.7. The molecule has 0 radical (unpaired) electrons. The lowest BCUT2D eigenvalue weighted by molar-refractivity contribution is -0.131. The molecule has 0 aliphatic heterocycles. The van der Waals surface area contributed by atoms with Gasteiger partial charge in [-0.05, 0) is 28.7 Å². The van der Waals surface area contributed by atoms with Crippen molar-refractivity contribution in [3.8, 4) is 0 Å². The topological polar surface area (TPSA) is 37.3 Å². The summed E-state index contributed by atoms with van der Waals surface area (Å²) in [6.07, 6.45) is 1.16. The van der Waals surface area contributed by atoms with Crippen molar-refractivity contribution in [2.45, 2.75) is 31.3 Å². The van der Waals surface area contributed by atoms with Crippen LogP contribution in [-0.4, -0.2) is 16.5 Å². The number of aliphatic hydroxyl groups is 1. The lowest BCUT2D eigenvalue weighted by atomic mass is 9.76. The Morgan fingerprint density at radius 3 is 1.82 bits per heavy atom. The quantitative estimate of drug-likeness (QED) is 0.646. The molecule has 140 valence electrons. The molecule has 0 spiro atoms. The highest BCUT2D eigenvalue weighted by atomic mass is 16.3. The Hall–Kier alpha value is -2.97. The molecule has 2 heteroatoms. The number of carbonyl (C=O) groups excluding carboxylic acids is 1. The van der Waals surface area contributed by atoms with Gasteiger partial charge in [-0.3, -0.25) is 4.79 Å². The van der Waals surface area contributed by atoms with Gasteiger partial charge in [0, 0.05) is 11.5 Å². The first-order valence-electron chi connectivity index (χ1n) is 9.84. The van der Waals surface area contributed by atoms with Crippen molar-refractivity contribution in [1.82, 2.24) is 0 Å². The Morgan fingerprint density at radius 1 is 0.786 bits per heavy atom.